The second-order valence-electron chi connectivity index (χ2n) is 4.22. The van der Waals surface area contributed by atoms with Crippen LogP contribution in [-0.4, -0.2) is 31.8 Å². The van der Waals surface area contributed by atoms with E-state index in [0.29, 0.717) is 25.2 Å². The van der Waals surface area contributed by atoms with Crippen molar-refractivity contribution >= 4 is 17.4 Å². The van der Waals surface area contributed by atoms with Gasteiger partial charge in [-0.3, -0.25) is 4.90 Å². The van der Waals surface area contributed by atoms with Crippen LogP contribution in [0.2, 0.25) is 0 Å². The van der Waals surface area contributed by atoms with Gasteiger partial charge in [0.2, 0.25) is 0 Å². The van der Waals surface area contributed by atoms with E-state index in [2.05, 4.69) is 5.32 Å². The first-order chi connectivity index (χ1) is 8.97. The third kappa shape index (κ3) is 3.52. The second-order valence-corrected chi connectivity index (χ2v) is 4.22. The van der Waals surface area contributed by atoms with Crippen LogP contribution in [0.4, 0.5) is 29.3 Å². The number of para-hydroxylation sites is 2. The van der Waals surface area contributed by atoms with E-state index in [9.17, 15) is 18.0 Å². The number of alkyl halides is 3. The molecule has 1 aromatic carbocycles. The van der Waals surface area contributed by atoms with Crippen LogP contribution < -0.4 is 15.5 Å². The molecule has 0 fully saturated rings. The minimum Gasteiger partial charge on any atom is -0.383 e. The van der Waals surface area contributed by atoms with Crippen molar-refractivity contribution in [2.75, 3.05) is 29.9 Å². The van der Waals surface area contributed by atoms with Crippen LogP contribution in [0.15, 0.2) is 24.3 Å². The molecule has 1 aliphatic rings. The molecule has 0 aliphatic carbocycles. The normalized spacial score (nSPS) is 15.2. The predicted molar refractivity (Wildman–Crippen MR) is 66.3 cm³/mol. The lowest BCUT2D eigenvalue weighted by Crippen LogP contribution is -2.44. The van der Waals surface area contributed by atoms with Gasteiger partial charge in [-0.25, -0.2) is 4.79 Å². The molecule has 0 saturated heterocycles. The molecule has 2 rings (SSSR count). The van der Waals surface area contributed by atoms with Crippen molar-refractivity contribution in [1.82, 2.24) is 5.32 Å². The molecule has 104 valence electrons. The summed E-state index contributed by atoms with van der Waals surface area (Å²) in [6.07, 6.45) is -3.73. The summed E-state index contributed by atoms with van der Waals surface area (Å²) in [6, 6.07) is 6.33. The highest BCUT2D eigenvalue weighted by Gasteiger charge is 2.29. The minimum absolute atomic E-state index is 0.383. The number of carbonyl (C=O) groups is 1. The van der Waals surface area contributed by atoms with Crippen LogP contribution in [0.3, 0.4) is 0 Å². The number of halogens is 3. The highest BCUT2D eigenvalue weighted by Crippen LogP contribution is 2.28. The molecule has 0 spiro atoms. The zero-order valence-electron chi connectivity index (χ0n) is 10.1. The molecule has 0 aromatic heterocycles. The van der Waals surface area contributed by atoms with Gasteiger partial charge in [-0.1, -0.05) is 12.1 Å². The Labute approximate surface area is 108 Å². The van der Waals surface area contributed by atoms with Crippen molar-refractivity contribution in [2.45, 2.75) is 12.6 Å². The monoisotopic (exact) mass is 273 g/mol. The van der Waals surface area contributed by atoms with Crippen molar-refractivity contribution in [2.24, 2.45) is 0 Å². The van der Waals surface area contributed by atoms with Gasteiger partial charge in [0.05, 0.1) is 11.4 Å². The molecule has 0 radical (unpaired) electrons. The van der Waals surface area contributed by atoms with Gasteiger partial charge in [0.15, 0.2) is 0 Å². The number of hydrogen-bond donors (Lipinski definition) is 2. The molecule has 1 aliphatic heterocycles. The third-order valence-electron chi connectivity index (χ3n) is 2.75. The fraction of sp³-hybridized carbons (Fsp3) is 0.417. The van der Waals surface area contributed by atoms with E-state index in [-0.39, 0.29) is 0 Å². The Morgan fingerprint density at radius 2 is 2.11 bits per heavy atom. The van der Waals surface area contributed by atoms with E-state index in [0.717, 1.165) is 5.69 Å². The third-order valence-corrected chi connectivity index (χ3v) is 2.75. The fourth-order valence-corrected chi connectivity index (χ4v) is 1.92. The summed E-state index contributed by atoms with van der Waals surface area (Å²) in [6.45, 7) is -0.258. The topological polar surface area (TPSA) is 44.4 Å². The SMILES string of the molecule is O=C(NCC(F)(F)F)N1CCCNc2ccccc21. The van der Waals surface area contributed by atoms with Gasteiger partial charge in [0, 0.05) is 13.1 Å². The lowest BCUT2D eigenvalue weighted by Gasteiger charge is -2.23. The molecule has 2 amide bonds. The molecular formula is C12H14F3N3O. The Bertz CT molecular complexity index is 462. The Balaban J connectivity index is 2.13. The maximum atomic E-state index is 12.1. The van der Waals surface area contributed by atoms with E-state index in [1.54, 1.807) is 18.2 Å². The van der Waals surface area contributed by atoms with Crippen molar-refractivity contribution in [3.05, 3.63) is 24.3 Å². The van der Waals surface area contributed by atoms with Gasteiger partial charge in [-0.2, -0.15) is 13.2 Å². The first-order valence-corrected chi connectivity index (χ1v) is 5.92. The maximum absolute atomic E-state index is 12.1. The number of anilines is 2. The number of hydrogen-bond acceptors (Lipinski definition) is 2. The van der Waals surface area contributed by atoms with Crippen molar-refractivity contribution in [3.8, 4) is 0 Å². The summed E-state index contributed by atoms with van der Waals surface area (Å²) in [5.41, 5.74) is 1.35. The zero-order chi connectivity index (χ0) is 13.9. The van der Waals surface area contributed by atoms with Crippen LogP contribution in [-0.2, 0) is 0 Å². The summed E-state index contributed by atoms with van der Waals surface area (Å²) >= 11 is 0. The Hall–Kier alpha value is -1.92. The molecule has 0 bridgehead atoms. The Morgan fingerprint density at radius 3 is 2.84 bits per heavy atom. The minimum atomic E-state index is -4.40. The number of nitrogens with zero attached hydrogens (tertiary/aromatic N) is 1. The van der Waals surface area contributed by atoms with Gasteiger partial charge in [0.25, 0.3) is 0 Å². The van der Waals surface area contributed by atoms with Gasteiger partial charge in [-0.15, -0.1) is 0 Å². The molecule has 4 nitrogen and oxygen atoms in total. The maximum Gasteiger partial charge on any atom is 0.405 e. The van der Waals surface area contributed by atoms with Crippen LogP contribution in [0.1, 0.15) is 6.42 Å². The Kier molecular flexibility index (Phi) is 3.82. The lowest BCUT2D eigenvalue weighted by atomic mass is 10.2. The summed E-state index contributed by atoms with van der Waals surface area (Å²) in [5, 5.41) is 5.03. The van der Waals surface area contributed by atoms with Crippen molar-refractivity contribution in [1.29, 1.82) is 0 Å². The van der Waals surface area contributed by atoms with Crippen molar-refractivity contribution in [3.63, 3.8) is 0 Å². The quantitative estimate of drug-likeness (QED) is 0.826. The molecule has 0 saturated carbocycles. The largest absolute Gasteiger partial charge is 0.405 e. The summed E-state index contributed by atoms with van der Waals surface area (Å²) < 4.78 is 36.3. The summed E-state index contributed by atoms with van der Waals surface area (Å²) in [5.74, 6) is 0. The van der Waals surface area contributed by atoms with Gasteiger partial charge >= 0.3 is 12.2 Å². The average Bonchev–Trinajstić information content (AvgIpc) is 2.57. The molecule has 2 N–H and O–H groups in total. The first-order valence-electron chi connectivity index (χ1n) is 5.92. The number of benzene rings is 1. The van der Waals surface area contributed by atoms with Crippen LogP contribution in [0.25, 0.3) is 0 Å². The number of amides is 2. The van der Waals surface area contributed by atoms with Crippen LogP contribution in [0, 0.1) is 0 Å². The number of fused-ring (bicyclic) bond motifs is 1. The van der Waals surface area contributed by atoms with E-state index in [4.69, 9.17) is 0 Å². The van der Waals surface area contributed by atoms with E-state index >= 15 is 0 Å². The molecule has 7 heteroatoms. The number of urea groups is 1. The predicted octanol–water partition coefficient (Wildman–Crippen LogP) is 2.58. The highest BCUT2D eigenvalue weighted by atomic mass is 19.4. The van der Waals surface area contributed by atoms with E-state index < -0.39 is 18.8 Å². The average molecular weight is 273 g/mol. The first kappa shape index (κ1) is 13.5. The van der Waals surface area contributed by atoms with Crippen molar-refractivity contribution < 1.29 is 18.0 Å². The molecule has 0 unspecified atom stereocenters. The smallest absolute Gasteiger partial charge is 0.383 e. The van der Waals surface area contributed by atoms with Gasteiger partial charge in [0.1, 0.15) is 6.54 Å². The molecule has 0 atom stereocenters. The zero-order valence-corrected chi connectivity index (χ0v) is 10.1. The number of carbonyl (C=O) groups excluding carboxylic acids is 1. The molecule has 1 aromatic rings. The highest BCUT2D eigenvalue weighted by molar-refractivity contribution is 5.95. The molecular weight excluding hydrogens is 259 g/mol. The fourth-order valence-electron chi connectivity index (χ4n) is 1.92. The molecule has 1 heterocycles. The second kappa shape index (κ2) is 5.38. The lowest BCUT2D eigenvalue weighted by molar-refractivity contribution is -0.122. The van der Waals surface area contributed by atoms with Gasteiger partial charge in [-0.05, 0) is 18.6 Å². The van der Waals surface area contributed by atoms with Gasteiger partial charge < -0.3 is 10.6 Å². The Morgan fingerprint density at radius 1 is 1.37 bits per heavy atom. The van der Waals surface area contributed by atoms with Crippen LogP contribution in [0.5, 0.6) is 0 Å². The molecule has 19 heavy (non-hydrogen) atoms. The van der Waals surface area contributed by atoms with E-state index in [1.165, 1.54) is 4.90 Å². The number of rotatable bonds is 1. The van der Waals surface area contributed by atoms with Crippen LogP contribution >= 0.6 is 0 Å². The number of nitrogens with one attached hydrogen (secondary N) is 2. The standard InChI is InChI=1S/C12H14F3N3O/c13-12(14,15)8-17-11(19)18-7-3-6-16-9-4-1-2-5-10(9)18/h1-2,4-5,16H,3,6-8H2,(H,17,19). The van der Waals surface area contributed by atoms with E-state index in [1.807, 2.05) is 11.4 Å². The summed E-state index contributed by atoms with van der Waals surface area (Å²) in [4.78, 5) is 13.2. The summed E-state index contributed by atoms with van der Waals surface area (Å²) in [7, 11) is 0.